The molecule has 0 amide bonds. The third kappa shape index (κ3) is 3.36. The Morgan fingerprint density at radius 2 is 1.84 bits per heavy atom. The Bertz CT molecular complexity index is 813. The van der Waals surface area contributed by atoms with Crippen molar-refractivity contribution in [3.05, 3.63) is 48.5 Å². The van der Waals surface area contributed by atoms with Crippen LogP contribution >= 0.6 is 0 Å². The molecule has 1 aromatic heterocycles. The second kappa shape index (κ2) is 6.90. The Morgan fingerprint density at radius 3 is 2.60 bits per heavy atom. The van der Waals surface area contributed by atoms with Crippen LogP contribution in [-0.2, 0) is 16.6 Å². The molecule has 3 heterocycles. The molecule has 0 spiro atoms. The first-order valence-electron chi connectivity index (χ1n) is 8.93. The summed E-state index contributed by atoms with van der Waals surface area (Å²) in [7, 11) is -3.15. The van der Waals surface area contributed by atoms with Crippen LogP contribution < -0.4 is 0 Å². The standard InChI is InChI=1S/C18H24N4O2S/c23-25(24,21-10-4-5-11-21)17-8-12-20(14-17)15-18-19-9-13-22(18)16-6-2-1-3-7-16/h1-3,6-7,9,13,17H,4-5,8,10-12,14-15H2. The molecule has 0 aliphatic carbocycles. The van der Waals surface area contributed by atoms with Crippen LogP contribution in [-0.4, -0.2) is 58.6 Å². The SMILES string of the molecule is O=S(=O)(C1CCN(Cc2nccn2-c2ccccc2)C1)N1CCCC1. The first-order valence-corrected chi connectivity index (χ1v) is 10.4. The van der Waals surface area contributed by atoms with E-state index in [2.05, 4.69) is 26.6 Å². The van der Waals surface area contributed by atoms with Crippen molar-refractivity contribution in [3.63, 3.8) is 0 Å². The molecule has 25 heavy (non-hydrogen) atoms. The summed E-state index contributed by atoms with van der Waals surface area (Å²) in [5.41, 5.74) is 1.08. The number of sulfonamides is 1. The molecule has 134 valence electrons. The van der Waals surface area contributed by atoms with Crippen molar-refractivity contribution < 1.29 is 8.42 Å². The highest BCUT2D eigenvalue weighted by molar-refractivity contribution is 7.89. The van der Waals surface area contributed by atoms with Crippen LogP contribution in [0.3, 0.4) is 0 Å². The molecule has 6 nitrogen and oxygen atoms in total. The Kier molecular flexibility index (Phi) is 4.62. The minimum Gasteiger partial charge on any atom is -0.303 e. The summed E-state index contributed by atoms with van der Waals surface area (Å²) in [6, 6.07) is 10.1. The van der Waals surface area contributed by atoms with Crippen molar-refractivity contribution in [2.45, 2.75) is 31.1 Å². The van der Waals surface area contributed by atoms with Crippen LogP contribution in [0.5, 0.6) is 0 Å². The smallest absolute Gasteiger partial charge is 0.218 e. The van der Waals surface area contributed by atoms with E-state index in [9.17, 15) is 8.42 Å². The van der Waals surface area contributed by atoms with Gasteiger partial charge in [-0.2, -0.15) is 0 Å². The summed E-state index contributed by atoms with van der Waals surface area (Å²) >= 11 is 0. The zero-order valence-electron chi connectivity index (χ0n) is 14.3. The Morgan fingerprint density at radius 1 is 1.08 bits per heavy atom. The maximum Gasteiger partial charge on any atom is 0.218 e. The van der Waals surface area contributed by atoms with Crippen molar-refractivity contribution in [3.8, 4) is 5.69 Å². The number of hydrogen-bond donors (Lipinski definition) is 0. The van der Waals surface area contributed by atoms with Crippen LogP contribution in [0.4, 0.5) is 0 Å². The van der Waals surface area contributed by atoms with Crippen molar-refractivity contribution >= 4 is 10.0 Å². The fourth-order valence-electron chi connectivity index (χ4n) is 3.81. The van der Waals surface area contributed by atoms with Gasteiger partial charge >= 0.3 is 0 Å². The molecule has 2 fully saturated rings. The first-order chi connectivity index (χ1) is 12.1. The first kappa shape index (κ1) is 16.8. The molecule has 1 atom stereocenters. The minimum atomic E-state index is -3.15. The highest BCUT2D eigenvalue weighted by Gasteiger charge is 2.38. The van der Waals surface area contributed by atoms with E-state index in [-0.39, 0.29) is 5.25 Å². The van der Waals surface area contributed by atoms with Gasteiger partial charge in [-0.3, -0.25) is 4.90 Å². The van der Waals surface area contributed by atoms with Gasteiger partial charge in [-0.25, -0.2) is 17.7 Å². The van der Waals surface area contributed by atoms with Gasteiger partial charge in [0.1, 0.15) is 5.82 Å². The molecule has 1 aromatic carbocycles. The van der Waals surface area contributed by atoms with E-state index in [1.54, 1.807) is 10.5 Å². The van der Waals surface area contributed by atoms with Crippen LogP contribution in [0, 0.1) is 0 Å². The molecule has 0 saturated carbocycles. The number of benzene rings is 1. The number of nitrogens with zero attached hydrogens (tertiary/aromatic N) is 4. The maximum absolute atomic E-state index is 12.7. The molecule has 1 unspecified atom stereocenters. The van der Waals surface area contributed by atoms with Crippen LogP contribution in [0.2, 0.25) is 0 Å². The molecule has 0 N–H and O–H groups in total. The highest BCUT2D eigenvalue weighted by atomic mass is 32.2. The summed E-state index contributed by atoms with van der Waals surface area (Å²) < 4.78 is 29.3. The van der Waals surface area contributed by atoms with Gasteiger partial charge in [0.25, 0.3) is 0 Å². The molecule has 7 heteroatoms. The number of likely N-dealkylation sites (tertiary alicyclic amines) is 1. The second-order valence-electron chi connectivity index (χ2n) is 6.85. The fourth-order valence-corrected chi connectivity index (χ4v) is 5.80. The molecule has 2 aliphatic heterocycles. The largest absolute Gasteiger partial charge is 0.303 e. The van der Waals surface area contributed by atoms with Crippen molar-refractivity contribution in [1.82, 2.24) is 18.8 Å². The molecule has 0 bridgehead atoms. The van der Waals surface area contributed by atoms with E-state index in [1.165, 1.54) is 0 Å². The topological polar surface area (TPSA) is 58.4 Å². The van der Waals surface area contributed by atoms with E-state index >= 15 is 0 Å². The van der Waals surface area contributed by atoms with Crippen LogP contribution in [0.25, 0.3) is 5.69 Å². The predicted molar refractivity (Wildman–Crippen MR) is 97.0 cm³/mol. The maximum atomic E-state index is 12.7. The van der Waals surface area contributed by atoms with Gasteiger partial charge in [-0.1, -0.05) is 18.2 Å². The summed E-state index contributed by atoms with van der Waals surface area (Å²) in [4.78, 5) is 6.69. The number of hydrogen-bond acceptors (Lipinski definition) is 4. The molecule has 0 radical (unpaired) electrons. The molecular weight excluding hydrogens is 336 g/mol. The van der Waals surface area contributed by atoms with Gasteiger partial charge in [-0.05, 0) is 31.4 Å². The summed E-state index contributed by atoms with van der Waals surface area (Å²) in [6.45, 7) is 3.46. The summed E-state index contributed by atoms with van der Waals surface area (Å²) in [5.74, 6) is 0.949. The molecule has 4 rings (SSSR count). The number of imidazole rings is 1. The normalized spacial score (nSPS) is 22.6. The van der Waals surface area contributed by atoms with Crippen LogP contribution in [0.15, 0.2) is 42.7 Å². The minimum absolute atomic E-state index is 0.272. The molecular formula is C18H24N4O2S. The number of para-hydroxylation sites is 1. The van der Waals surface area contributed by atoms with Gasteiger partial charge in [0.15, 0.2) is 0 Å². The van der Waals surface area contributed by atoms with E-state index in [1.807, 2.05) is 24.4 Å². The van der Waals surface area contributed by atoms with Gasteiger partial charge in [0.2, 0.25) is 10.0 Å². The van der Waals surface area contributed by atoms with Crippen molar-refractivity contribution in [2.24, 2.45) is 0 Å². The number of rotatable bonds is 5. The quantitative estimate of drug-likeness (QED) is 0.817. The second-order valence-corrected chi connectivity index (χ2v) is 9.06. The van der Waals surface area contributed by atoms with Gasteiger partial charge in [0.05, 0.1) is 11.8 Å². The average molecular weight is 360 g/mol. The number of aromatic nitrogens is 2. The predicted octanol–water partition coefficient (Wildman–Crippen LogP) is 1.87. The molecule has 2 aliphatic rings. The van der Waals surface area contributed by atoms with E-state index in [4.69, 9.17) is 0 Å². The van der Waals surface area contributed by atoms with Crippen molar-refractivity contribution in [1.29, 1.82) is 0 Å². The third-order valence-corrected chi connectivity index (χ3v) is 7.50. The Hall–Kier alpha value is -1.70. The van der Waals surface area contributed by atoms with E-state index in [0.29, 0.717) is 32.6 Å². The van der Waals surface area contributed by atoms with E-state index in [0.717, 1.165) is 30.9 Å². The van der Waals surface area contributed by atoms with Gasteiger partial charge in [0, 0.05) is 44.3 Å². The lowest BCUT2D eigenvalue weighted by Gasteiger charge is -2.21. The van der Waals surface area contributed by atoms with Crippen LogP contribution in [0.1, 0.15) is 25.1 Å². The third-order valence-electron chi connectivity index (χ3n) is 5.19. The summed E-state index contributed by atoms with van der Waals surface area (Å²) in [6.07, 6.45) is 6.45. The lowest BCUT2D eigenvalue weighted by atomic mass is 10.3. The molecule has 2 saturated heterocycles. The average Bonchev–Trinajstić information content (AvgIpc) is 3.38. The van der Waals surface area contributed by atoms with E-state index < -0.39 is 10.0 Å². The van der Waals surface area contributed by atoms with Gasteiger partial charge < -0.3 is 4.57 Å². The van der Waals surface area contributed by atoms with Gasteiger partial charge in [-0.15, -0.1) is 0 Å². The highest BCUT2D eigenvalue weighted by Crippen LogP contribution is 2.25. The lowest BCUT2D eigenvalue weighted by molar-refractivity contribution is 0.319. The Balaban J connectivity index is 1.45. The van der Waals surface area contributed by atoms with Crippen molar-refractivity contribution in [2.75, 3.05) is 26.2 Å². The monoisotopic (exact) mass is 360 g/mol. The molecule has 2 aromatic rings. The summed E-state index contributed by atoms with van der Waals surface area (Å²) in [5, 5.41) is -0.272. The zero-order valence-corrected chi connectivity index (χ0v) is 15.1. The Labute approximate surface area is 149 Å². The fraction of sp³-hybridized carbons (Fsp3) is 0.500. The zero-order chi connectivity index (χ0) is 17.3. The lowest BCUT2D eigenvalue weighted by Crippen LogP contribution is -2.38.